The molecule has 0 aliphatic rings. The third kappa shape index (κ3) is 3.74. The Kier molecular flexibility index (Phi) is 5.18. The molecule has 156 valence electrons. The van der Waals surface area contributed by atoms with E-state index in [9.17, 15) is 8.42 Å². The minimum Gasteiger partial charge on any atom is -0.495 e. The second-order valence-electron chi connectivity index (χ2n) is 6.82. The predicted octanol–water partition coefficient (Wildman–Crippen LogP) is 2.65. The first-order valence-electron chi connectivity index (χ1n) is 9.17. The lowest BCUT2D eigenvalue weighted by atomic mass is 10.1. The number of fused-ring (bicyclic) bond motifs is 1. The van der Waals surface area contributed by atoms with Crippen molar-refractivity contribution in [2.75, 3.05) is 11.8 Å². The van der Waals surface area contributed by atoms with Gasteiger partial charge in [-0.2, -0.15) is 5.10 Å². The number of aryl methyl sites for hydroxylation is 1. The van der Waals surface area contributed by atoms with Crippen LogP contribution in [-0.2, 0) is 23.1 Å². The molecular weight excluding hydrogens is 406 g/mol. The lowest BCUT2D eigenvalue weighted by Crippen LogP contribution is -2.14. The van der Waals surface area contributed by atoms with Gasteiger partial charge in [-0.15, -0.1) is 0 Å². The Bertz CT molecular complexity index is 1310. The Morgan fingerprint density at radius 3 is 2.77 bits per heavy atom. The van der Waals surface area contributed by atoms with Crippen LogP contribution in [0.15, 0.2) is 58.2 Å². The molecule has 0 saturated carbocycles. The van der Waals surface area contributed by atoms with Crippen molar-refractivity contribution in [1.29, 1.82) is 0 Å². The standard InChI is InChI=1S/C20H21N5O4S/c1-13-7-14(11-25-12-15(9-21)10-22-25)8-17-19(13)20(23-29-17)24-30(26,27)18-6-4-3-5-16(18)28-2/h3-8,10,12H,9,11,21H2,1-2H3,(H,23,24). The van der Waals surface area contributed by atoms with Crippen LogP contribution in [0.1, 0.15) is 16.7 Å². The van der Waals surface area contributed by atoms with Crippen molar-refractivity contribution in [3.63, 3.8) is 0 Å². The smallest absolute Gasteiger partial charge is 0.266 e. The van der Waals surface area contributed by atoms with Gasteiger partial charge in [-0.1, -0.05) is 23.4 Å². The van der Waals surface area contributed by atoms with Gasteiger partial charge >= 0.3 is 0 Å². The number of hydrogen-bond acceptors (Lipinski definition) is 7. The molecule has 0 radical (unpaired) electrons. The largest absolute Gasteiger partial charge is 0.495 e. The number of nitrogens with zero attached hydrogens (tertiary/aromatic N) is 3. The minimum atomic E-state index is -3.92. The van der Waals surface area contributed by atoms with Gasteiger partial charge in [0.25, 0.3) is 10.0 Å². The van der Waals surface area contributed by atoms with Gasteiger partial charge in [0.1, 0.15) is 10.6 Å². The summed E-state index contributed by atoms with van der Waals surface area (Å²) in [6.07, 6.45) is 3.61. The first kappa shape index (κ1) is 19.9. The number of nitrogens with one attached hydrogen (secondary N) is 1. The summed E-state index contributed by atoms with van der Waals surface area (Å²) in [6, 6.07) is 10.1. The molecule has 0 saturated heterocycles. The van der Waals surface area contributed by atoms with Crippen LogP contribution in [0.3, 0.4) is 0 Å². The SMILES string of the molecule is COc1ccccc1S(=O)(=O)Nc1noc2cc(Cn3cc(CN)cn3)cc(C)c12. The summed E-state index contributed by atoms with van der Waals surface area (Å²) in [4.78, 5) is 0.0207. The molecule has 2 aromatic carbocycles. The number of aromatic nitrogens is 3. The second kappa shape index (κ2) is 7.81. The molecule has 0 atom stereocenters. The van der Waals surface area contributed by atoms with E-state index < -0.39 is 10.0 Å². The van der Waals surface area contributed by atoms with E-state index in [1.807, 2.05) is 25.3 Å². The molecule has 0 bridgehead atoms. The molecule has 4 rings (SSSR count). The average molecular weight is 427 g/mol. The van der Waals surface area contributed by atoms with Crippen molar-refractivity contribution >= 4 is 26.8 Å². The van der Waals surface area contributed by atoms with E-state index in [4.69, 9.17) is 15.0 Å². The number of methoxy groups -OCH3 is 1. The highest BCUT2D eigenvalue weighted by atomic mass is 32.2. The fourth-order valence-electron chi connectivity index (χ4n) is 3.31. The minimum absolute atomic E-state index is 0.0207. The number of para-hydroxylation sites is 1. The summed E-state index contributed by atoms with van der Waals surface area (Å²) in [7, 11) is -2.50. The summed E-state index contributed by atoms with van der Waals surface area (Å²) in [5.41, 5.74) is 8.83. The molecule has 2 aromatic heterocycles. The molecule has 9 nitrogen and oxygen atoms in total. The Morgan fingerprint density at radius 1 is 1.23 bits per heavy atom. The molecule has 0 aliphatic carbocycles. The van der Waals surface area contributed by atoms with Crippen LogP contribution in [0.5, 0.6) is 5.75 Å². The van der Waals surface area contributed by atoms with Gasteiger partial charge < -0.3 is 15.0 Å². The number of benzene rings is 2. The maximum Gasteiger partial charge on any atom is 0.266 e. The zero-order chi connectivity index (χ0) is 21.3. The van der Waals surface area contributed by atoms with E-state index in [0.717, 1.165) is 16.7 Å². The molecule has 0 fully saturated rings. The third-order valence-corrected chi connectivity index (χ3v) is 6.07. The highest BCUT2D eigenvalue weighted by molar-refractivity contribution is 7.92. The molecule has 30 heavy (non-hydrogen) atoms. The molecule has 4 aromatic rings. The Morgan fingerprint density at radius 2 is 2.03 bits per heavy atom. The maximum absolute atomic E-state index is 12.9. The summed E-state index contributed by atoms with van der Waals surface area (Å²) in [5.74, 6) is 0.373. The number of anilines is 1. The van der Waals surface area contributed by atoms with Crippen molar-refractivity contribution in [3.05, 3.63) is 65.5 Å². The molecule has 0 aliphatic heterocycles. The zero-order valence-electron chi connectivity index (χ0n) is 16.5. The lowest BCUT2D eigenvalue weighted by molar-refractivity contribution is 0.403. The first-order chi connectivity index (χ1) is 14.4. The average Bonchev–Trinajstić information content (AvgIpc) is 3.34. The fraction of sp³-hybridized carbons (Fsp3) is 0.200. The Hall–Kier alpha value is -3.37. The van der Waals surface area contributed by atoms with Gasteiger partial charge in [0, 0.05) is 18.3 Å². The Balaban J connectivity index is 1.66. The van der Waals surface area contributed by atoms with Crippen molar-refractivity contribution in [2.45, 2.75) is 24.9 Å². The van der Waals surface area contributed by atoms with Crippen LogP contribution < -0.4 is 15.2 Å². The highest BCUT2D eigenvalue weighted by Gasteiger charge is 2.23. The number of hydrogen-bond donors (Lipinski definition) is 2. The lowest BCUT2D eigenvalue weighted by Gasteiger charge is -2.10. The number of nitrogens with two attached hydrogens (primary N) is 1. The fourth-order valence-corrected chi connectivity index (χ4v) is 4.49. The molecule has 0 spiro atoms. The first-order valence-corrected chi connectivity index (χ1v) is 10.7. The van der Waals surface area contributed by atoms with Crippen LogP contribution in [0.25, 0.3) is 11.0 Å². The highest BCUT2D eigenvalue weighted by Crippen LogP contribution is 2.31. The van der Waals surface area contributed by atoms with Crippen molar-refractivity contribution < 1.29 is 17.7 Å². The van der Waals surface area contributed by atoms with Crippen LogP contribution >= 0.6 is 0 Å². The molecular formula is C20H21N5O4S. The topological polar surface area (TPSA) is 125 Å². The summed E-state index contributed by atoms with van der Waals surface area (Å²) in [5, 5.41) is 8.82. The zero-order valence-corrected chi connectivity index (χ0v) is 17.3. The number of ether oxygens (including phenoxy) is 1. The number of rotatable bonds is 7. The van der Waals surface area contributed by atoms with Gasteiger partial charge in [0.05, 0.1) is 25.2 Å². The van der Waals surface area contributed by atoms with Gasteiger partial charge in [0.15, 0.2) is 11.4 Å². The summed E-state index contributed by atoms with van der Waals surface area (Å²) >= 11 is 0. The number of sulfonamides is 1. The molecule has 2 heterocycles. The van der Waals surface area contributed by atoms with E-state index in [-0.39, 0.29) is 16.5 Å². The van der Waals surface area contributed by atoms with Crippen LogP contribution in [0.2, 0.25) is 0 Å². The second-order valence-corrected chi connectivity index (χ2v) is 8.47. The van der Waals surface area contributed by atoms with E-state index in [1.165, 1.54) is 13.2 Å². The summed E-state index contributed by atoms with van der Waals surface area (Å²) < 4.78 is 40.6. The van der Waals surface area contributed by atoms with E-state index >= 15 is 0 Å². The summed E-state index contributed by atoms with van der Waals surface area (Å²) in [6.45, 7) is 2.83. The van der Waals surface area contributed by atoms with Gasteiger partial charge in [-0.25, -0.2) is 8.42 Å². The predicted molar refractivity (Wildman–Crippen MR) is 112 cm³/mol. The molecule has 0 amide bonds. The van der Waals surface area contributed by atoms with E-state index in [1.54, 1.807) is 29.1 Å². The maximum atomic E-state index is 12.9. The normalized spacial score (nSPS) is 11.7. The van der Waals surface area contributed by atoms with Gasteiger partial charge in [-0.3, -0.25) is 9.40 Å². The van der Waals surface area contributed by atoms with E-state index in [0.29, 0.717) is 24.1 Å². The van der Waals surface area contributed by atoms with Gasteiger partial charge in [0.2, 0.25) is 0 Å². The monoisotopic (exact) mass is 427 g/mol. The van der Waals surface area contributed by atoms with Crippen molar-refractivity contribution in [2.24, 2.45) is 5.73 Å². The van der Waals surface area contributed by atoms with Crippen LogP contribution in [-0.4, -0.2) is 30.5 Å². The third-order valence-electron chi connectivity index (χ3n) is 4.69. The van der Waals surface area contributed by atoms with Gasteiger partial charge in [-0.05, 0) is 36.2 Å². The van der Waals surface area contributed by atoms with Crippen molar-refractivity contribution in [3.8, 4) is 5.75 Å². The van der Waals surface area contributed by atoms with Crippen molar-refractivity contribution in [1.82, 2.24) is 14.9 Å². The van der Waals surface area contributed by atoms with E-state index in [2.05, 4.69) is 15.0 Å². The molecule has 0 unspecified atom stereocenters. The molecule has 10 heteroatoms. The quantitative estimate of drug-likeness (QED) is 0.464. The molecule has 3 N–H and O–H groups in total. The van der Waals surface area contributed by atoms with Crippen LogP contribution in [0, 0.1) is 6.92 Å². The van der Waals surface area contributed by atoms with Crippen LogP contribution in [0.4, 0.5) is 5.82 Å². The Labute approximate surface area is 173 Å².